The monoisotopic (exact) mass is 299 g/mol. The summed E-state index contributed by atoms with van der Waals surface area (Å²) >= 11 is 0. The fourth-order valence-electron chi connectivity index (χ4n) is 2.21. The first-order valence-corrected chi connectivity index (χ1v) is 6.31. The Morgan fingerprint density at radius 1 is 1.43 bits per heavy atom. The number of hydrogen-bond acceptors (Lipinski definition) is 4. The first kappa shape index (κ1) is 15.0. The van der Waals surface area contributed by atoms with Crippen LogP contribution in [0.1, 0.15) is 16.8 Å². The van der Waals surface area contributed by atoms with Crippen molar-refractivity contribution in [1.82, 2.24) is 10.2 Å². The first-order chi connectivity index (χ1) is 9.93. The highest BCUT2D eigenvalue weighted by molar-refractivity contribution is 5.96. The molecule has 3 N–H and O–H groups in total. The van der Waals surface area contributed by atoms with E-state index in [1.807, 2.05) is 0 Å². The molecule has 1 saturated heterocycles. The number of rotatable bonds is 2. The summed E-state index contributed by atoms with van der Waals surface area (Å²) in [5, 5.41) is 2.54. The maximum Gasteiger partial charge on any atom is 0.407 e. The van der Waals surface area contributed by atoms with Crippen LogP contribution in [0.25, 0.3) is 0 Å². The molecule has 2 rings (SSSR count). The van der Waals surface area contributed by atoms with E-state index in [9.17, 15) is 18.4 Å². The number of nitrogens with one attached hydrogen (secondary N) is 1. The number of nitrogens with two attached hydrogens (primary N) is 1. The van der Waals surface area contributed by atoms with Crippen LogP contribution in [0, 0.1) is 11.6 Å². The number of carbonyl (C=O) groups excluding carboxylic acids is 2. The van der Waals surface area contributed by atoms with E-state index in [1.54, 1.807) is 0 Å². The van der Waals surface area contributed by atoms with Gasteiger partial charge in [0.25, 0.3) is 5.91 Å². The SMILES string of the molecule is COC(=O)NC1CCN(C(=O)c2c(F)ccc(N)c2F)C1. The van der Waals surface area contributed by atoms with Crippen LogP contribution in [-0.4, -0.2) is 43.1 Å². The molecule has 6 nitrogen and oxygen atoms in total. The average Bonchev–Trinajstić information content (AvgIpc) is 2.91. The Morgan fingerprint density at radius 3 is 2.81 bits per heavy atom. The van der Waals surface area contributed by atoms with Gasteiger partial charge in [-0.25, -0.2) is 13.6 Å². The second-order valence-corrected chi connectivity index (χ2v) is 4.70. The molecule has 0 bridgehead atoms. The highest BCUT2D eigenvalue weighted by Gasteiger charge is 2.31. The molecule has 0 aliphatic carbocycles. The van der Waals surface area contributed by atoms with Crippen molar-refractivity contribution in [2.45, 2.75) is 12.5 Å². The van der Waals surface area contributed by atoms with Gasteiger partial charge in [-0.1, -0.05) is 0 Å². The number of hydrogen-bond donors (Lipinski definition) is 2. The van der Waals surface area contributed by atoms with Gasteiger partial charge in [0.15, 0.2) is 5.82 Å². The van der Waals surface area contributed by atoms with E-state index >= 15 is 0 Å². The molecule has 0 aromatic heterocycles. The van der Waals surface area contributed by atoms with E-state index in [2.05, 4.69) is 10.1 Å². The average molecular weight is 299 g/mol. The lowest BCUT2D eigenvalue weighted by Crippen LogP contribution is -2.38. The van der Waals surface area contributed by atoms with E-state index in [0.717, 1.165) is 12.1 Å². The fraction of sp³-hybridized carbons (Fsp3) is 0.385. The van der Waals surface area contributed by atoms with Crippen LogP contribution in [0.4, 0.5) is 19.3 Å². The van der Waals surface area contributed by atoms with Crippen molar-refractivity contribution in [3.8, 4) is 0 Å². The molecule has 1 aliphatic rings. The topological polar surface area (TPSA) is 84.7 Å². The minimum absolute atomic E-state index is 0.154. The van der Waals surface area contributed by atoms with Crippen molar-refractivity contribution in [2.75, 3.05) is 25.9 Å². The van der Waals surface area contributed by atoms with Gasteiger partial charge in [0.1, 0.15) is 11.4 Å². The number of halogens is 2. The second kappa shape index (κ2) is 5.94. The van der Waals surface area contributed by atoms with E-state index in [4.69, 9.17) is 5.73 Å². The molecular weight excluding hydrogens is 284 g/mol. The fourth-order valence-corrected chi connectivity index (χ4v) is 2.21. The van der Waals surface area contributed by atoms with E-state index in [-0.39, 0.29) is 24.8 Å². The number of methoxy groups -OCH3 is 1. The number of alkyl carbamates (subject to hydrolysis) is 1. The zero-order valence-electron chi connectivity index (χ0n) is 11.4. The maximum absolute atomic E-state index is 13.8. The molecule has 0 saturated carbocycles. The summed E-state index contributed by atoms with van der Waals surface area (Å²) in [5.74, 6) is -2.81. The smallest absolute Gasteiger partial charge is 0.407 e. The van der Waals surface area contributed by atoms with Crippen LogP contribution in [0.5, 0.6) is 0 Å². The lowest BCUT2D eigenvalue weighted by molar-refractivity contribution is 0.0778. The van der Waals surface area contributed by atoms with E-state index < -0.39 is 29.2 Å². The largest absolute Gasteiger partial charge is 0.453 e. The molecule has 8 heteroatoms. The van der Waals surface area contributed by atoms with Crippen molar-refractivity contribution in [3.05, 3.63) is 29.3 Å². The summed E-state index contributed by atoms with van der Waals surface area (Å²) in [6.45, 7) is 0.433. The van der Waals surface area contributed by atoms with Crippen molar-refractivity contribution >= 4 is 17.7 Å². The highest BCUT2D eigenvalue weighted by Crippen LogP contribution is 2.22. The van der Waals surface area contributed by atoms with Crippen LogP contribution in [-0.2, 0) is 4.74 Å². The number of likely N-dealkylation sites (tertiary alicyclic amines) is 1. The number of amides is 2. The second-order valence-electron chi connectivity index (χ2n) is 4.70. The molecular formula is C13H15F2N3O3. The molecule has 1 aromatic carbocycles. The van der Waals surface area contributed by atoms with Gasteiger partial charge in [-0.05, 0) is 18.6 Å². The summed E-state index contributed by atoms with van der Waals surface area (Å²) in [7, 11) is 1.23. The third-order valence-electron chi connectivity index (χ3n) is 3.32. The van der Waals surface area contributed by atoms with Crippen molar-refractivity contribution in [3.63, 3.8) is 0 Å². The first-order valence-electron chi connectivity index (χ1n) is 6.31. The summed E-state index contributed by atoms with van der Waals surface area (Å²) in [5.41, 5.74) is 4.39. The molecule has 1 unspecified atom stereocenters. The quantitative estimate of drug-likeness (QED) is 0.801. The number of benzene rings is 1. The molecule has 0 spiro atoms. The third-order valence-corrected chi connectivity index (χ3v) is 3.32. The van der Waals surface area contributed by atoms with Gasteiger partial charge in [0.2, 0.25) is 0 Å². The molecule has 114 valence electrons. The molecule has 1 aliphatic heterocycles. The number of nitrogens with zero attached hydrogens (tertiary/aromatic N) is 1. The third kappa shape index (κ3) is 3.04. The molecule has 1 atom stereocenters. The van der Waals surface area contributed by atoms with Crippen LogP contribution < -0.4 is 11.1 Å². The lowest BCUT2D eigenvalue weighted by atomic mass is 10.1. The standard InChI is InChI=1S/C13H15F2N3O3/c1-21-13(20)17-7-4-5-18(6-7)12(19)10-8(14)2-3-9(16)11(10)15/h2-3,7H,4-6,16H2,1H3,(H,17,20). The molecule has 2 amide bonds. The Bertz CT molecular complexity index is 580. The number of carbonyl (C=O) groups is 2. The normalized spacial score (nSPS) is 17.7. The minimum atomic E-state index is -1.07. The van der Waals surface area contributed by atoms with Gasteiger partial charge in [-0.15, -0.1) is 0 Å². The van der Waals surface area contributed by atoms with E-state index in [0.29, 0.717) is 6.42 Å². The Labute approximate surface area is 119 Å². The molecule has 1 fully saturated rings. The lowest BCUT2D eigenvalue weighted by Gasteiger charge is -2.18. The summed E-state index contributed by atoms with van der Waals surface area (Å²) < 4.78 is 31.9. The highest BCUT2D eigenvalue weighted by atomic mass is 19.1. The summed E-state index contributed by atoms with van der Waals surface area (Å²) in [6, 6.07) is 1.70. The molecule has 21 heavy (non-hydrogen) atoms. The van der Waals surface area contributed by atoms with Crippen molar-refractivity contribution in [1.29, 1.82) is 0 Å². The van der Waals surface area contributed by atoms with Gasteiger partial charge in [-0.2, -0.15) is 0 Å². The summed E-state index contributed by atoms with van der Waals surface area (Å²) in [6.07, 6.45) is -0.137. The summed E-state index contributed by atoms with van der Waals surface area (Å²) in [4.78, 5) is 24.5. The maximum atomic E-state index is 13.8. The Kier molecular flexibility index (Phi) is 4.25. The predicted molar refractivity (Wildman–Crippen MR) is 70.6 cm³/mol. The van der Waals surface area contributed by atoms with Crippen molar-refractivity contribution in [2.24, 2.45) is 0 Å². The number of ether oxygens (including phenoxy) is 1. The zero-order chi connectivity index (χ0) is 15.6. The minimum Gasteiger partial charge on any atom is -0.453 e. The van der Waals surface area contributed by atoms with Gasteiger partial charge in [-0.3, -0.25) is 4.79 Å². The van der Waals surface area contributed by atoms with Crippen LogP contribution in [0.2, 0.25) is 0 Å². The molecule has 0 radical (unpaired) electrons. The van der Waals surface area contributed by atoms with Crippen LogP contribution in [0.15, 0.2) is 12.1 Å². The Morgan fingerprint density at radius 2 is 2.14 bits per heavy atom. The predicted octanol–water partition coefficient (Wildman–Crippen LogP) is 1.12. The van der Waals surface area contributed by atoms with Gasteiger partial charge in [0.05, 0.1) is 18.8 Å². The number of nitrogen functional groups attached to an aromatic ring is 1. The van der Waals surface area contributed by atoms with Crippen molar-refractivity contribution < 1.29 is 23.1 Å². The Balaban J connectivity index is 2.12. The number of anilines is 1. The zero-order valence-corrected chi connectivity index (χ0v) is 11.4. The van der Waals surface area contributed by atoms with Gasteiger partial charge < -0.3 is 20.7 Å². The van der Waals surface area contributed by atoms with E-state index in [1.165, 1.54) is 12.0 Å². The van der Waals surface area contributed by atoms with Gasteiger partial charge in [0, 0.05) is 13.1 Å². The van der Waals surface area contributed by atoms with Crippen LogP contribution in [0.3, 0.4) is 0 Å². The Hall–Kier alpha value is -2.38. The van der Waals surface area contributed by atoms with Crippen LogP contribution >= 0.6 is 0 Å². The molecule has 1 heterocycles. The molecule has 1 aromatic rings. The van der Waals surface area contributed by atoms with Gasteiger partial charge >= 0.3 is 6.09 Å².